The van der Waals surface area contributed by atoms with Crippen molar-refractivity contribution >= 4 is 11.6 Å². The number of benzene rings is 2. The fourth-order valence-electron chi connectivity index (χ4n) is 5.06. The van der Waals surface area contributed by atoms with E-state index >= 15 is 0 Å². The second-order valence-corrected chi connectivity index (χ2v) is 9.10. The van der Waals surface area contributed by atoms with Crippen LogP contribution >= 0.6 is 11.6 Å². The summed E-state index contributed by atoms with van der Waals surface area (Å²) < 4.78 is 5.56. The highest BCUT2D eigenvalue weighted by molar-refractivity contribution is 6.31. The Bertz CT molecular complexity index is 765. The minimum atomic E-state index is 0.632. The standard InChI is InChI=1S/C26H35ClO/c1-6-21-16-25(19(5)17(3)18(21)4)22-10-13-26(27)23(15-22)14-20-8-11-24(12-9-20)28-7-2/h8-13,15,17-19,21,25H,6-7,14,16H2,1-5H3/t17-,18-,19+,21-,25+/m0/s1. The lowest BCUT2D eigenvalue weighted by Crippen LogP contribution is -2.34. The van der Waals surface area contributed by atoms with Gasteiger partial charge in [-0.05, 0) is 84.2 Å². The molecule has 1 saturated carbocycles. The maximum absolute atomic E-state index is 6.59. The summed E-state index contributed by atoms with van der Waals surface area (Å²) in [4.78, 5) is 0. The lowest BCUT2D eigenvalue weighted by atomic mass is 9.61. The van der Waals surface area contributed by atoms with Gasteiger partial charge in [0, 0.05) is 5.02 Å². The molecule has 0 N–H and O–H groups in total. The van der Waals surface area contributed by atoms with Gasteiger partial charge in [0.2, 0.25) is 0 Å². The minimum Gasteiger partial charge on any atom is -0.494 e. The molecule has 2 aromatic carbocycles. The summed E-state index contributed by atoms with van der Waals surface area (Å²) in [5, 5.41) is 0.870. The van der Waals surface area contributed by atoms with Crippen LogP contribution < -0.4 is 4.74 Å². The third-order valence-electron chi connectivity index (χ3n) is 7.24. The van der Waals surface area contributed by atoms with E-state index in [9.17, 15) is 0 Å². The second kappa shape index (κ2) is 9.35. The SMILES string of the molecule is CCOc1ccc(Cc2cc([C@@H]3C[C@H](CC)[C@@H](C)[C@H](C)[C@H]3C)ccc2Cl)cc1. The molecular weight excluding hydrogens is 364 g/mol. The van der Waals surface area contributed by atoms with Gasteiger partial charge in [-0.1, -0.05) is 70.0 Å². The highest BCUT2D eigenvalue weighted by Crippen LogP contribution is 2.48. The third kappa shape index (κ3) is 4.57. The molecule has 0 heterocycles. The van der Waals surface area contributed by atoms with Crippen molar-refractivity contribution in [2.75, 3.05) is 6.61 Å². The molecule has 1 nitrogen and oxygen atoms in total. The van der Waals surface area contributed by atoms with E-state index in [2.05, 4.69) is 70.2 Å². The second-order valence-electron chi connectivity index (χ2n) is 8.69. The Labute approximate surface area is 176 Å². The maximum Gasteiger partial charge on any atom is 0.119 e. The van der Waals surface area contributed by atoms with E-state index in [4.69, 9.17) is 16.3 Å². The molecule has 28 heavy (non-hydrogen) atoms. The third-order valence-corrected chi connectivity index (χ3v) is 7.61. The molecule has 0 radical (unpaired) electrons. The Balaban J connectivity index is 1.82. The van der Waals surface area contributed by atoms with Crippen LogP contribution in [0.4, 0.5) is 0 Å². The summed E-state index contributed by atoms with van der Waals surface area (Å²) in [7, 11) is 0. The average Bonchev–Trinajstić information content (AvgIpc) is 2.70. The first-order valence-electron chi connectivity index (χ1n) is 10.9. The van der Waals surface area contributed by atoms with E-state index in [1.54, 1.807) is 0 Å². The molecular formula is C26H35ClO. The van der Waals surface area contributed by atoms with Gasteiger partial charge in [0.05, 0.1) is 6.61 Å². The van der Waals surface area contributed by atoms with Gasteiger partial charge in [-0.3, -0.25) is 0 Å². The highest BCUT2D eigenvalue weighted by atomic mass is 35.5. The van der Waals surface area contributed by atoms with Crippen LogP contribution in [0.1, 0.15) is 70.1 Å². The fraction of sp³-hybridized carbons (Fsp3) is 0.538. The lowest BCUT2D eigenvalue weighted by Gasteiger charge is -2.44. The summed E-state index contributed by atoms with van der Waals surface area (Å²) in [5.74, 6) is 4.66. The zero-order chi connectivity index (χ0) is 20.3. The molecule has 5 atom stereocenters. The first kappa shape index (κ1) is 21.2. The molecule has 3 rings (SSSR count). The molecule has 2 heteroatoms. The van der Waals surface area contributed by atoms with Gasteiger partial charge in [0.1, 0.15) is 5.75 Å². The molecule has 2 aromatic rings. The summed E-state index contributed by atoms with van der Waals surface area (Å²) >= 11 is 6.59. The summed E-state index contributed by atoms with van der Waals surface area (Å²) in [6.07, 6.45) is 3.44. The monoisotopic (exact) mass is 398 g/mol. The number of hydrogen-bond acceptors (Lipinski definition) is 1. The molecule has 0 unspecified atom stereocenters. The van der Waals surface area contributed by atoms with Crippen molar-refractivity contribution in [3.8, 4) is 5.75 Å². The van der Waals surface area contributed by atoms with Gasteiger partial charge < -0.3 is 4.74 Å². The van der Waals surface area contributed by atoms with Crippen LogP contribution in [-0.2, 0) is 6.42 Å². The van der Waals surface area contributed by atoms with Crippen LogP contribution in [-0.4, -0.2) is 6.61 Å². The molecule has 0 bridgehead atoms. The van der Waals surface area contributed by atoms with Crippen molar-refractivity contribution < 1.29 is 4.74 Å². The normalized spacial score (nSPS) is 27.6. The molecule has 1 aliphatic carbocycles. The van der Waals surface area contributed by atoms with Crippen molar-refractivity contribution in [1.29, 1.82) is 0 Å². The first-order valence-corrected chi connectivity index (χ1v) is 11.3. The Hall–Kier alpha value is -1.47. The molecule has 0 spiro atoms. The quantitative estimate of drug-likeness (QED) is 0.483. The zero-order valence-electron chi connectivity index (χ0n) is 18.0. The van der Waals surface area contributed by atoms with Crippen molar-refractivity contribution in [3.63, 3.8) is 0 Å². The molecule has 0 aliphatic heterocycles. The predicted octanol–water partition coefficient (Wildman–Crippen LogP) is 7.75. The Morgan fingerprint density at radius 3 is 2.29 bits per heavy atom. The molecule has 0 saturated heterocycles. The summed E-state index contributed by atoms with van der Waals surface area (Å²) in [5.41, 5.74) is 3.97. The number of ether oxygens (including phenoxy) is 1. The maximum atomic E-state index is 6.59. The van der Waals surface area contributed by atoms with Crippen LogP contribution in [0.3, 0.4) is 0 Å². The number of hydrogen-bond donors (Lipinski definition) is 0. The van der Waals surface area contributed by atoms with E-state index in [1.165, 1.54) is 29.5 Å². The van der Waals surface area contributed by atoms with E-state index in [0.29, 0.717) is 18.4 Å². The van der Waals surface area contributed by atoms with E-state index in [0.717, 1.165) is 34.9 Å². The van der Waals surface area contributed by atoms with Crippen molar-refractivity contribution in [2.45, 2.75) is 59.8 Å². The largest absolute Gasteiger partial charge is 0.494 e. The van der Waals surface area contributed by atoms with Gasteiger partial charge in [-0.15, -0.1) is 0 Å². The van der Waals surface area contributed by atoms with Crippen molar-refractivity contribution in [3.05, 3.63) is 64.2 Å². The van der Waals surface area contributed by atoms with Crippen LogP contribution in [0, 0.1) is 23.7 Å². The topological polar surface area (TPSA) is 9.23 Å². The molecule has 0 aromatic heterocycles. The van der Waals surface area contributed by atoms with Crippen LogP contribution in [0.2, 0.25) is 5.02 Å². The minimum absolute atomic E-state index is 0.632. The highest BCUT2D eigenvalue weighted by Gasteiger charge is 2.37. The molecule has 0 amide bonds. The van der Waals surface area contributed by atoms with Gasteiger partial charge in [-0.2, -0.15) is 0 Å². The van der Waals surface area contributed by atoms with Gasteiger partial charge >= 0.3 is 0 Å². The van der Waals surface area contributed by atoms with E-state index in [1.807, 2.05) is 6.92 Å². The Kier molecular flexibility index (Phi) is 7.10. The molecule has 1 aliphatic rings. The van der Waals surface area contributed by atoms with Crippen molar-refractivity contribution in [2.24, 2.45) is 23.7 Å². The molecule has 1 fully saturated rings. The van der Waals surface area contributed by atoms with Crippen LogP contribution in [0.15, 0.2) is 42.5 Å². The van der Waals surface area contributed by atoms with Gasteiger partial charge in [0.15, 0.2) is 0 Å². The zero-order valence-corrected chi connectivity index (χ0v) is 18.8. The lowest BCUT2D eigenvalue weighted by molar-refractivity contribution is 0.0996. The smallest absolute Gasteiger partial charge is 0.119 e. The first-order chi connectivity index (χ1) is 13.4. The predicted molar refractivity (Wildman–Crippen MR) is 121 cm³/mol. The Morgan fingerprint density at radius 1 is 0.929 bits per heavy atom. The number of rotatable bonds is 6. The Morgan fingerprint density at radius 2 is 1.64 bits per heavy atom. The summed E-state index contributed by atoms with van der Waals surface area (Å²) in [6, 6.07) is 15.1. The van der Waals surface area contributed by atoms with E-state index < -0.39 is 0 Å². The van der Waals surface area contributed by atoms with Crippen LogP contribution in [0.25, 0.3) is 0 Å². The average molecular weight is 399 g/mol. The van der Waals surface area contributed by atoms with Crippen molar-refractivity contribution in [1.82, 2.24) is 0 Å². The van der Waals surface area contributed by atoms with E-state index in [-0.39, 0.29) is 0 Å². The summed E-state index contributed by atoms with van der Waals surface area (Å²) in [6.45, 7) is 12.4. The fourth-order valence-corrected chi connectivity index (χ4v) is 5.24. The van der Waals surface area contributed by atoms with Gasteiger partial charge in [0.25, 0.3) is 0 Å². The molecule has 152 valence electrons. The van der Waals surface area contributed by atoms with Crippen LogP contribution in [0.5, 0.6) is 5.75 Å². The van der Waals surface area contributed by atoms with Gasteiger partial charge in [-0.25, -0.2) is 0 Å². The number of halogens is 1.